The van der Waals surface area contributed by atoms with Gasteiger partial charge in [-0.15, -0.1) is 0 Å². The van der Waals surface area contributed by atoms with Crippen LogP contribution in [0.25, 0.3) is 0 Å². The molecule has 1 saturated heterocycles. The van der Waals surface area contributed by atoms with Crippen molar-refractivity contribution in [3.05, 3.63) is 0 Å². The molecular formula is C9H17N3OS. The van der Waals surface area contributed by atoms with Crippen LogP contribution in [0.1, 0.15) is 19.8 Å². The third kappa shape index (κ3) is 2.15. The zero-order chi connectivity index (χ0) is 10.7. The maximum absolute atomic E-state index is 11.8. The van der Waals surface area contributed by atoms with Crippen molar-refractivity contribution in [2.75, 3.05) is 20.1 Å². The van der Waals surface area contributed by atoms with Crippen molar-refractivity contribution in [2.45, 2.75) is 25.8 Å². The zero-order valence-electron chi connectivity index (χ0n) is 8.69. The summed E-state index contributed by atoms with van der Waals surface area (Å²) in [7, 11) is 1.79. The summed E-state index contributed by atoms with van der Waals surface area (Å²) in [4.78, 5) is 15.7. The van der Waals surface area contributed by atoms with Gasteiger partial charge in [-0.2, -0.15) is 0 Å². The van der Waals surface area contributed by atoms with Crippen LogP contribution in [-0.2, 0) is 0 Å². The van der Waals surface area contributed by atoms with Crippen LogP contribution < -0.4 is 5.73 Å². The minimum atomic E-state index is -0.0356. The second kappa shape index (κ2) is 4.59. The van der Waals surface area contributed by atoms with Gasteiger partial charge in [-0.05, 0) is 19.8 Å². The molecule has 1 rings (SSSR count). The number of urea groups is 1. The Kier molecular flexibility index (Phi) is 3.69. The van der Waals surface area contributed by atoms with Crippen molar-refractivity contribution in [3.63, 3.8) is 0 Å². The first-order chi connectivity index (χ1) is 6.57. The third-order valence-corrected chi connectivity index (χ3v) is 2.90. The zero-order valence-corrected chi connectivity index (χ0v) is 9.51. The summed E-state index contributed by atoms with van der Waals surface area (Å²) in [6, 6.07) is -0.00528. The molecule has 0 saturated carbocycles. The van der Waals surface area contributed by atoms with E-state index in [1.54, 1.807) is 16.8 Å². The van der Waals surface area contributed by atoms with Gasteiger partial charge < -0.3 is 15.5 Å². The fraction of sp³-hybridized carbons (Fsp3) is 0.778. The van der Waals surface area contributed by atoms with E-state index >= 15 is 0 Å². The van der Waals surface area contributed by atoms with Gasteiger partial charge in [0.15, 0.2) is 0 Å². The number of hydrogen-bond acceptors (Lipinski definition) is 2. The van der Waals surface area contributed by atoms with E-state index in [1.165, 1.54) is 0 Å². The average Bonchev–Trinajstić information content (AvgIpc) is 2.63. The lowest BCUT2D eigenvalue weighted by atomic mass is 10.2. The van der Waals surface area contributed by atoms with Crippen LogP contribution in [0.5, 0.6) is 0 Å². The molecule has 0 aromatic rings. The van der Waals surface area contributed by atoms with Gasteiger partial charge in [0, 0.05) is 20.1 Å². The number of carbonyl (C=O) groups excluding carboxylic acids is 1. The van der Waals surface area contributed by atoms with Gasteiger partial charge in [0.1, 0.15) is 0 Å². The Morgan fingerprint density at radius 2 is 2.36 bits per heavy atom. The number of likely N-dealkylation sites (tertiary alicyclic amines) is 1. The fourth-order valence-corrected chi connectivity index (χ4v) is 1.89. The highest BCUT2D eigenvalue weighted by atomic mass is 32.1. The molecule has 4 nitrogen and oxygen atoms in total. The lowest BCUT2D eigenvalue weighted by Gasteiger charge is -2.28. The van der Waals surface area contributed by atoms with Gasteiger partial charge in [-0.3, -0.25) is 0 Å². The number of rotatable bonds is 2. The number of thiocarbonyl (C=S) groups is 1. The fourth-order valence-electron chi connectivity index (χ4n) is 1.65. The average molecular weight is 215 g/mol. The monoisotopic (exact) mass is 215 g/mol. The second-order valence-corrected chi connectivity index (χ2v) is 4.02. The van der Waals surface area contributed by atoms with Gasteiger partial charge in [0.2, 0.25) is 0 Å². The molecule has 14 heavy (non-hydrogen) atoms. The molecule has 1 aliphatic rings. The van der Waals surface area contributed by atoms with Crippen LogP contribution in [0, 0.1) is 0 Å². The molecular weight excluding hydrogens is 198 g/mol. The largest absolute Gasteiger partial charge is 0.392 e. The molecule has 80 valence electrons. The Morgan fingerprint density at radius 3 is 2.86 bits per heavy atom. The quantitative estimate of drug-likeness (QED) is 0.693. The number of carbonyl (C=O) groups is 1. The summed E-state index contributed by atoms with van der Waals surface area (Å²) < 4.78 is 0. The van der Waals surface area contributed by atoms with E-state index in [9.17, 15) is 4.79 Å². The Hall–Kier alpha value is -0.840. The van der Waals surface area contributed by atoms with Crippen LogP contribution in [0.4, 0.5) is 4.79 Å². The maximum Gasteiger partial charge on any atom is 0.320 e. The summed E-state index contributed by atoms with van der Waals surface area (Å²) in [5.41, 5.74) is 5.59. The number of amides is 2. The summed E-state index contributed by atoms with van der Waals surface area (Å²) >= 11 is 4.94. The molecule has 1 atom stereocenters. The van der Waals surface area contributed by atoms with Gasteiger partial charge in [0.05, 0.1) is 11.0 Å². The molecule has 1 fully saturated rings. The highest BCUT2D eigenvalue weighted by Crippen LogP contribution is 2.18. The summed E-state index contributed by atoms with van der Waals surface area (Å²) in [6.45, 7) is 3.42. The lowest BCUT2D eigenvalue weighted by Crippen LogP contribution is -2.48. The van der Waals surface area contributed by atoms with Crippen LogP contribution in [0.15, 0.2) is 0 Å². The van der Waals surface area contributed by atoms with Gasteiger partial charge >= 0.3 is 6.03 Å². The highest BCUT2D eigenvalue weighted by molar-refractivity contribution is 7.80. The summed E-state index contributed by atoms with van der Waals surface area (Å²) in [5.74, 6) is 0. The number of hydrogen-bond donors (Lipinski definition) is 1. The Balaban J connectivity index is 2.67. The van der Waals surface area contributed by atoms with Crippen molar-refractivity contribution in [3.8, 4) is 0 Å². The summed E-state index contributed by atoms with van der Waals surface area (Å²) in [5, 5.41) is 0. The lowest BCUT2D eigenvalue weighted by molar-refractivity contribution is 0.169. The molecule has 0 aliphatic carbocycles. The Labute approximate surface area is 90.0 Å². The van der Waals surface area contributed by atoms with E-state index in [0.717, 1.165) is 19.4 Å². The molecule has 0 aromatic carbocycles. The first kappa shape index (κ1) is 11.2. The van der Waals surface area contributed by atoms with E-state index in [1.807, 2.05) is 6.92 Å². The third-order valence-electron chi connectivity index (χ3n) is 2.63. The number of nitrogens with zero attached hydrogens (tertiary/aromatic N) is 2. The van der Waals surface area contributed by atoms with Crippen LogP contribution in [-0.4, -0.2) is 47.0 Å². The highest BCUT2D eigenvalue weighted by Gasteiger charge is 2.31. The number of nitrogens with two attached hydrogens (primary N) is 1. The van der Waals surface area contributed by atoms with Crippen LogP contribution >= 0.6 is 12.2 Å². The normalized spacial score (nSPS) is 21.0. The summed E-state index contributed by atoms with van der Waals surface area (Å²) in [6.07, 6.45) is 1.89. The van der Waals surface area contributed by atoms with E-state index in [4.69, 9.17) is 18.0 Å². The minimum absolute atomic E-state index is 0.0304. The first-order valence-electron chi connectivity index (χ1n) is 4.89. The minimum Gasteiger partial charge on any atom is -0.392 e. The first-order valence-corrected chi connectivity index (χ1v) is 5.29. The topological polar surface area (TPSA) is 49.6 Å². The second-order valence-electron chi connectivity index (χ2n) is 3.55. The van der Waals surface area contributed by atoms with Gasteiger partial charge in [0.25, 0.3) is 0 Å². The van der Waals surface area contributed by atoms with Crippen molar-refractivity contribution in [2.24, 2.45) is 5.73 Å². The van der Waals surface area contributed by atoms with E-state index < -0.39 is 0 Å². The molecule has 5 heteroatoms. The van der Waals surface area contributed by atoms with E-state index in [-0.39, 0.29) is 12.1 Å². The maximum atomic E-state index is 11.8. The molecule has 0 spiro atoms. The molecule has 0 aromatic heterocycles. The molecule has 1 unspecified atom stereocenters. The molecule has 0 bridgehead atoms. The standard InChI is InChI=1S/C9H17N3OS/c1-3-11(2)9(13)12-6-4-5-7(12)8(10)14/h7H,3-6H2,1-2H3,(H2,10,14). The predicted molar refractivity (Wildman–Crippen MR) is 60.2 cm³/mol. The van der Waals surface area contributed by atoms with Crippen molar-refractivity contribution in [1.29, 1.82) is 0 Å². The van der Waals surface area contributed by atoms with E-state index in [2.05, 4.69) is 0 Å². The smallest absolute Gasteiger partial charge is 0.320 e. The Morgan fingerprint density at radius 1 is 1.71 bits per heavy atom. The molecule has 2 N–H and O–H groups in total. The molecule has 1 heterocycles. The van der Waals surface area contributed by atoms with Gasteiger partial charge in [-0.25, -0.2) is 4.79 Å². The SMILES string of the molecule is CCN(C)C(=O)N1CCCC1C(N)=S. The molecule has 2 amide bonds. The molecule has 0 radical (unpaired) electrons. The van der Waals surface area contributed by atoms with E-state index in [0.29, 0.717) is 11.5 Å². The van der Waals surface area contributed by atoms with Crippen LogP contribution in [0.2, 0.25) is 0 Å². The van der Waals surface area contributed by atoms with Crippen molar-refractivity contribution >= 4 is 23.2 Å². The van der Waals surface area contributed by atoms with Crippen molar-refractivity contribution in [1.82, 2.24) is 9.80 Å². The van der Waals surface area contributed by atoms with Crippen LogP contribution in [0.3, 0.4) is 0 Å². The van der Waals surface area contributed by atoms with Crippen molar-refractivity contribution < 1.29 is 4.79 Å². The van der Waals surface area contributed by atoms with Gasteiger partial charge in [-0.1, -0.05) is 12.2 Å². The predicted octanol–water partition coefficient (Wildman–Crippen LogP) is 0.809. The molecule has 1 aliphatic heterocycles. The Bertz CT molecular complexity index is 244.